The second kappa shape index (κ2) is 7.06. The third kappa shape index (κ3) is 2.86. The zero-order valence-corrected chi connectivity index (χ0v) is 17.2. The summed E-state index contributed by atoms with van der Waals surface area (Å²) in [6.07, 6.45) is 1.96. The number of thiophene rings is 1. The topological polar surface area (TPSA) is 48.0 Å². The molecule has 4 heterocycles. The molecular formula is C24H21NO4S. The molecule has 1 saturated heterocycles. The lowest BCUT2D eigenvalue weighted by atomic mass is 10.0. The molecule has 1 amide bonds. The lowest BCUT2D eigenvalue weighted by Crippen LogP contribution is -2.30. The molecular weight excluding hydrogens is 398 g/mol. The van der Waals surface area contributed by atoms with Gasteiger partial charge in [0.1, 0.15) is 25.6 Å². The molecule has 3 aromatic rings. The van der Waals surface area contributed by atoms with Gasteiger partial charge in [-0.3, -0.25) is 4.79 Å². The number of ether oxygens (including phenoxy) is 3. The van der Waals surface area contributed by atoms with Crippen LogP contribution in [0.1, 0.15) is 39.7 Å². The number of amides is 1. The third-order valence-corrected chi connectivity index (χ3v) is 7.20. The zero-order valence-electron chi connectivity index (χ0n) is 16.4. The molecule has 6 rings (SSSR count). The summed E-state index contributed by atoms with van der Waals surface area (Å²) in [7, 11) is 0. The maximum absolute atomic E-state index is 13.5. The van der Waals surface area contributed by atoms with E-state index in [9.17, 15) is 4.79 Å². The number of nitrogens with zero attached hydrogens (tertiary/aromatic N) is 1. The monoisotopic (exact) mass is 419 g/mol. The van der Waals surface area contributed by atoms with E-state index in [-0.39, 0.29) is 11.9 Å². The van der Waals surface area contributed by atoms with Gasteiger partial charge in [0, 0.05) is 22.5 Å². The minimum atomic E-state index is 0.0657. The molecule has 3 aliphatic heterocycles. The number of carbonyl (C=O) groups excluding carboxylic acids is 1. The van der Waals surface area contributed by atoms with E-state index in [0.29, 0.717) is 19.8 Å². The molecule has 0 saturated carbocycles. The minimum absolute atomic E-state index is 0.0657. The summed E-state index contributed by atoms with van der Waals surface area (Å²) in [6.45, 7) is 2.43. The van der Waals surface area contributed by atoms with Gasteiger partial charge in [-0.05, 0) is 48.7 Å². The third-order valence-electron chi connectivity index (χ3n) is 6.00. The van der Waals surface area contributed by atoms with Crippen molar-refractivity contribution in [2.45, 2.75) is 25.5 Å². The number of hydrogen-bond acceptors (Lipinski definition) is 5. The first-order chi connectivity index (χ1) is 14.8. The van der Waals surface area contributed by atoms with Gasteiger partial charge in [0.2, 0.25) is 0 Å². The molecule has 1 fully saturated rings. The van der Waals surface area contributed by atoms with Crippen LogP contribution in [0.2, 0.25) is 0 Å². The molecule has 0 aliphatic carbocycles. The Morgan fingerprint density at radius 1 is 0.967 bits per heavy atom. The van der Waals surface area contributed by atoms with Crippen LogP contribution < -0.4 is 14.2 Å². The van der Waals surface area contributed by atoms with Crippen LogP contribution in [0.15, 0.2) is 48.5 Å². The first kappa shape index (κ1) is 17.8. The molecule has 1 atom stereocenters. The second-order valence-corrected chi connectivity index (χ2v) is 8.86. The number of para-hydroxylation sites is 1. The number of fused-ring (bicyclic) bond motifs is 4. The fourth-order valence-electron chi connectivity index (χ4n) is 4.57. The number of benzene rings is 2. The number of rotatable bonds is 2. The van der Waals surface area contributed by atoms with Crippen molar-refractivity contribution in [3.63, 3.8) is 0 Å². The van der Waals surface area contributed by atoms with Crippen LogP contribution in [0.4, 0.5) is 0 Å². The average molecular weight is 420 g/mol. The van der Waals surface area contributed by atoms with Crippen molar-refractivity contribution in [2.24, 2.45) is 0 Å². The lowest BCUT2D eigenvalue weighted by Gasteiger charge is -2.26. The maximum atomic E-state index is 13.5. The Balaban J connectivity index is 1.31. The molecule has 2 aromatic carbocycles. The Bertz CT molecular complexity index is 1140. The minimum Gasteiger partial charge on any atom is -0.488 e. The Morgan fingerprint density at radius 2 is 1.83 bits per heavy atom. The normalized spacial score (nSPS) is 19.1. The van der Waals surface area contributed by atoms with Gasteiger partial charge in [-0.1, -0.05) is 18.2 Å². The maximum Gasteiger partial charge on any atom is 0.264 e. The van der Waals surface area contributed by atoms with Crippen LogP contribution >= 0.6 is 11.3 Å². The van der Waals surface area contributed by atoms with E-state index in [4.69, 9.17) is 14.2 Å². The van der Waals surface area contributed by atoms with Crippen molar-refractivity contribution in [3.8, 4) is 27.7 Å². The molecule has 1 unspecified atom stereocenters. The van der Waals surface area contributed by atoms with Gasteiger partial charge in [0.25, 0.3) is 5.91 Å². The van der Waals surface area contributed by atoms with E-state index in [0.717, 1.165) is 63.1 Å². The van der Waals surface area contributed by atoms with E-state index >= 15 is 0 Å². The molecule has 30 heavy (non-hydrogen) atoms. The average Bonchev–Trinajstić information content (AvgIpc) is 3.46. The Morgan fingerprint density at radius 3 is 2.77 bits per heavy atom. The van der Waals surface area contributed by atoms with Gasteiger partial charge in [0.05, 0.1) is 10.9 Å². The molecule has 0 spiro atoms. The van der Waals surface area contributed by atoms with E-state index in [1.807, 2.05) is 41.3 Å². The SMILES string of the molecule is O=C(c1cc2c(s1)-c1ccccc1OC2)N1CCCC1c1ccc2c(c1)OCCO2. The predicted octanol–water partition coefficient (Wildman–Crippen LogP) is 5.06. The van der Waals surface area contributed by atoms with Gasteiger partial charge < -0.3 is 19.1 Å². The van der Waals surface area contributed by atoms with Crippen LogP contribution in [0.25, 0.3) is 10.4 Å². The number of hydrogen-bond donors (Lipinski definition) is 0. The Hall–Kier alpha value is -2.99. The van der Waals surface area contributed by atoms with E-state index < -0.39 is 0 Å². The molecule has 1 aromatic heterocycles. The number of likely N-dealkylation sites (tertiary alicyclic amines) is 1. The van der Waals surface area contributed by atoms with E-state index in [1.54, 1.807) is 11.3 Å². The van der Waals surface area contributed by atoms with Crippen LogP contribution in [0, 0.1) is 0 Å². The van der Waals surface area contributed by atoms with Crippen molar-refractivity contribution in [1.82, 2.24) is 4.90 Å². The number of carbonyl (C=O) groups is 1. The van der Waals surface area contributed by atoms with Gasteiger partial charge in [0.15, 0.2) is 11.5 Å². The zero-order chi connectivity index (χ0) is 20.1. The van der Waals surface area contributed by atoms with Gasteiger partial charge in [-0.15, -0.1) is 11.3 Å². The molecule has 152 valence electrons. The summed E-state index contributed by atoms with van der Waals surface area (Å²) in [5.41, 5.74) is 3.28. The summed E-state index contributed by atoms with van der Waals surface area (Å²) < 4.78 is 17.3. The van der Waals surface area contributed by atoms with Gasteiger partial charge in [-0.2, -0.15) is 0 Å². The van der Waals surface area contributed by atoms with Crippen molar-refractivity contribution in [3.05, 3.63) is 64.5 Å². The predicted molar refractivity (Wildman–Crippen MR) is 115 cm³/mol. The molecule has 6 heteroatoms. The second-order valence-electron chi connectivity index (χ2n) is 7.81. The standard InChI is InChI=1S/C24H21NO4S/c26-24(22-13-16-14-29-19-6-2-1-4-17(19)23(16)30-22)25-9-3-5-18(25)15-7-8-20-21(12-15)28-11-10-27-20/h1-2,4,6-8,12-13,18H,3,5,9-11,14H2. The van der Waals surface area contributed by atoms with Gasteiger partial charge >= 0.3 is 0 Å². The fourth-order valence-corrected chi connectivity index (χ4v) is 5.72. The van der Waals surface area contributed by atoms with E-state index in [2.05, 4.69) is 12.1 Å². The summed E-state index contributed by atoms with van der Waals surface area (Å²) in [4.78, 5) is 17.4. The molecule has 0 N–H and O–H groups in total. The van der Waals surface area contributed by atoms with Crippen molar-refractivity contribution in [2.75, 3.05) is 19.8 Å². The van der Waals surface area contributed by atoms with Crippen molar-refractivity contribution >= 4 is 17.2 Å². The van der Waals surface area contributed by atoms with Crippen LogP contribution in [0.3, 0.4) is 0 Å². The largest absolute Gasteiger partial charge is 0.488 e. The summed E-state index contributed by atoms with van der Waals surface area (Å²) in [5, 5.41) is 0. The van der Waals surface area contributed by atoms with Gasteiger partial charge in [-0.25, -0.2) is 0 Å². The van der Waals surface area contributed by atoms with Crippen molar-refractivity contribution < 1.29 is 19.0 Å². The quantitative estimate of drug-likeness (QED) is 0.583. The molecule has 0 radical (unpaired) electrons. The smallest absolute Gasteiger partial charge is 0.264 e. The Kier molecular flexibility index (Phi) is 4.20. The first-order valence-corrected chi connectivity index (χ1v) is 11.1. The first-order valence-electron chi connectivity index (χ1n) is 10.3. The fraction of sp³-hybridized carbons (Fsp3) is 0.292. The highest BCUT2D eigenvalue weighted by Gasteiger charge is 2.33. The highest BCUT2D eigenvalue weighted by molar-refractivity contribution is 7.17. The van der Waals surface area contributed by atoms with Crippen molar-refractivity contribution in [1.29, 1.82) is 0 Å². The highest BCUT2D eigenvalue weighted by Crippen LogP contribution is 2.44. The molecule has 3 aliphatic rings. The molecule has 0 bridgehead atoms. The van der Waals surface area contributed by atoms with Crippen LogP contribution in [-0.2, 0) is 6.61 Å². The lowest BCUT2D eigenvalue weighted by molar-refractivity contribution is 0.0740. The van der Waals surface area contributed by atoms with E-state index in [1.165, 1.54) is 0 Å². The highest BCUT2D eigenvalue weighted by atomic mass is 32.1. The summed E-state index contributed by atoms with van der Waals surface area (Å²) in [6, 6.07) is 16.2. The summed E-state index contributed by atoms with van der Waals surface area (Å²) >= 11 is 1.58. The van der Waals surface area contributed by atoms with Crippen LogP contribution in [0.5, 0.6) is 17.2 Å². The summed E-state index contributed by atoms with van der Waals surface area (Å²) in [5.74, 6) is 2.55. The van der Waals surface area contributed by atoms with Crippen LogP contribution in [-0.4, -0.2) is 30.6 Å². The Labute approximate surface area is 178 Å². The molecule has 5 nitrogen and oxygen atoms in total.